The van der Waals surface area contributed by atoms with Gasteiger partial charge in [0.1, 0.15) is 5.76 Å². The number of rotatable bonds is 3. The average Bonchev–Trinajstić information content (AvgIpc) is 2.58. The van der Waals surface area contributed by atoms with E-state index in [2.05, 4.69) is 9.84 Å². The van der Waals surface area contributed by atoms with Gasteiger partial charge in [0.15, 0.2) is 0 Å². The quantitative estimate of drug-likeness (QED) is 0.347. The number of aliphatic hydroxyl groups excluding tert-OH is 1. The van der Waals surface area contributed by atoms with E-state index in [1.165, 1.54) is 6.20 Å². The number of nitrogens with zero attached hydrogens (tertiary/aromatic N) is 2. The van der Waals surface area contributed by atoms with E-state index in [4.69, 9.17) is 0 Å². The Balaban J connectivity index is 2.98. The smallest absolute Gasteiger partial charge is 0.378 e. The first-order valence-electron chi connectivity index (χ1n) is 4.49. The minimum atomic E-state index is -1.02. The largest absolute Gasteiger partial charge is 0.507 e. The average molecular weight is 224 g/mol. The van der Waals surface area contributed by atoms with Crippen LogP contribution in [0.2, 0.25) is 0 Å². The lowest BCUT2D eigenvalue weighted by Crippen LogP contribution is -2.13. The molecule has 0 aliphatic carbocycles. The van der Waals surface area contributed by atoms with Gasteiger partial charge in [0.2, 0.25) is 0 Å². The SMILES string of the molecule is COC(=O)C(=O)/C=C(\O)c1cnn(C)c1C. The van der Waals surface area contributed by atoms with Crippen molar-refractivity contribution in [3.63, 3.8) is 0 Å². The number of ketones is 1. The lowest BCUT2D eigenvalue weighted by molar-refractivity contribution is -0.149. The second-order valence-corrected chi connectivity index (χ2v) is 3.15. The van der Waals surface area contributed by atoms with Gasteiger partial charge in [0, 0.05) is 18.8 Å². The van der Waals surface area contributed by atoms with Crippen molar-refractivity contribution >= 4 is 17.5 Å². The molecule has 0 aliphatic heterocycles. The Kier molecular flexibility index (Phi) is 3.44. The fourth-order valence-corrected chi connectivity index (χ4v) is 1.11. The number of aryl methyl sites for hydroxylation is 1. The third-order valence-corrected chi connectivity index (χ3v) is 2.17. The summed E-state index contributed by atoms with van der Waals surface area (Å²) in [6, 6.07) is 0. The molecule has 6 heteroatoms. The van der Waals surface area contributed by atoms with Crippen LogP contribution in [0.3, 0.4) is 0 Å². The molecule has 1 aromatic rings. The molecule has 0 saturated heterocycles. The van der Waals surface area contributed by atoms with Gasteiger partial charge in [-0.2, -0.15) is 5.10 Å². The van der Waals surface area contributed by atoms with E-state index < -0.39 is 11.8 Å². The van der Waals surface area contributed by atoms with Gasteiger partial charge < -0.3 is 9.84 Å². The zero-order valence-corrected chi connectivity index (χ0v) is 9.22. The second kappa shape index (κ2) is 4.61. The van der Waals surface area contributed by atoms with E-state index in [1.807, 2.05) is 0 Å². The zero-order valence-electron chi connectivity index (χ0n) is 9.22. The molecule has 16 heavy (non-hydrogen) atoms. The molecule has 0 atom stereocenters. The van der Waals surface area contributed by atoms with Gasteiger partial charge in [-0.3, -0.25) is 9.48 Å². The van der Waals surface area contributed by atoms with Crippen LogP contribution in [0, 0.1) is 6.92 Å². The number of esters is 1. The van der Waals surface area contributed by atoms with Crippen LogP contribution >= 0.6 is 0 Å². The molecule has 0 radical (unpaired) electrons. The van der Waals surface area contributed by atoms with Gasteiger partial charge in [0.05, 0.1) is 18.9 Å². The minimum absolute atomic E-state index is 0.305. The summed E-state index contributed by atoms with van der Waals surface area (Å²) in [7, 11) is 2.80. The minimum Gasteiger partial charge on any atom is -0.507 e. The third-order valence-electron chi connectivity index (χ3n) is 2.17. The molecule has 6 nitrogen and oxygen atoms in total. The molecule has 1 rings (SSSR count). The number of aliphatic hydroxyl groups is 1. The van der Waals surface area contributed by atoms with E-state index in [-0.39, 0.29) is 5.76 Å². The third kappa shape index (κ3) is 2.28. The number of methoxy groups -OCH3 is 1. The van der Waals surface area contributed by atoms with Gasteiger partial charge in [-0.15, -0.1) is 0 Å². The standard InChI is InChI=1S/C10H12N2O4/c1-6-7(5-11-12(6)2)8(13)4-9(14)10(15)16-3/h4-5,13H,1-3H3/b8-4-. The van der Waals surface area contributed by atoms with Crippen LogP contribution < -0.4 is 0 Å². The van der Waals surface area contributed by atoms with Crippen LogP contribution in [0.1, 0.15) is 11.3 Å². The van der Waals surface area contributed by atoms with Crippen molar-refractivity contribution in [3.05, 3.63) is 23.5 Å². The number of carbonyl (C=O) groups excluding carboxylic acids is 2. The summed E-state index contributed by atoms with van der Waals surface area (Å²) in [5, 5.41) is 13.5. The number of carbonyl (C=O) groups is 2. The normalized spacial score (nSPS) is 11.3. The molecule has 1 heterocycles. The first kappa shape index (κ1) is 12.0. The van der Waals surface area contributed by atoms with Crippen molar-refractivity contribution in [2.75, 3.05) is 7.11 Å². The van der Waals surface area contributed by atoms with Crippen molar-refractivity contribution in [2.45, 2.75) is 6.92 Å². The van der Waals surface area contributed by atoms with Crippen LogP contribution in [0.25, 0.3) is 5.76 Å². The van der Waals surface area contributed by atoms with E-state index in [0.29, 0.717) is 11.3 Å². The summed E-state index contributed by atoms with van der Waals surface area (Å²) in [6.45, 7) is 1.73. The van der Waals surface area contributed by atoms with Crippen LogP contribution in [-0.4, -0.2) is 33.7 Å². The van der Waals surface area contributed by atoms with Crippen molar-refractivity contribution in [1.29, 1.82) is 0 Å². The Morgan fingerprint density at radius 3 is 2.62 bits per heavy atom. The number of ether oxygens (including phenoxy) is 1. The van der Waals surface area contributed by atoms with Crippen LogP contribution in [0.15, 0.2) is 12.3 Å². The monoisotopic (exact) mass is 224 g/mol. The highest BCUT2D eigenvalue weighted by atomic mass is 16.5. The lowest BCUT2D eigenvalue weighted by atomic mass is 10.2. The Hall–Kier alpha value is -2.11. The number of aromatic nitrogens is 2. The molecule has 1 aromatic heterocycles. The van der Waals surface area contributed by atoms with Crippen molar-refractivity contribution in [2.24, 2.45) is 7.05 Å². The Morgan fingerprint density at radius 1 is 1.56 bits per heavy atom. The fraction of sp³-hybridized carbons (Fsp3) is 0.300. The molecule has 1 N–H and O–H groups in total. The van der Waals surface area contributed by atoms with Gasteiger partial charge in [-0.25, -0.2) is 4.79 Å². The van der Waals surface area contributed by atoms with Crippen LogP contribution in [-0.2, 0) is 21.4 Å². The highest BCUT2D eigenvalue weighted by Crippen LogP contribution is 2.14. The van der Waals surface area contributed by atoms with E-state index in [0.717, 1.165) is 13.2 Å². The zero-order chi connectivity index (χ0) is 12.3. The van der Waals surface area contributed by atoms with Crippen LogP contribution in [0.5, 0.6) is 0 Å². The summed E-state index contributed by atoms with van der Waals surface area (Å²) in [6.07, 6.45) is 2.22. The van der Waals surface area contributed by atoms with Gasteiger partial charge >= 0.3 is 5.97 Å². The molecular weight excluding hydrogens is 212 g/mol. The fourth-order valence-electron chi connectivity index (χ4n) is 1.11. The number of hydrogen-bond acceptors (Lipinski definition) is 5. The van der Waals surface area contributed by atoms with Crippen molar-refractivity contribution in [3.8, 4) is 0 Å². The molecule has 0 spiro atoms. The number of hydrogen-bond donors (Lipinski definition) is 1. The first-order valence-corrected chi connectivity index (χ1v) is 4.49. The highest BCUT2D eigenvalue weighted by molar-refractivity contribution is 6.39. The van der Waals surface area contributed by atoms with E-state index in [9.17, 15) is 14.7 Å². The molecule has 0 saturated carbocycles. The maximum atomic E-state index is 11.1. The summed E-state index contributed by atoms with van der Waals surface area (Å²) < 4.78 is 5.76. The Bertz CT molecular complexity index is 459. The summed E-state index contributed by atoms with van der Waals surface area (Å²) in [4.78, 5) is 22.0. The summed E-state index contributed by atoms with van der Waals surface area (Å²) in [5.41, 5.74) is 1.09. The summed E-state index contributed by atoms with van der Waals surface area (Å²) in [5.74, 6) is -2.24. The van der Waals surface area contributed by atoms with Crippen LogP contribution in [0.4, 0.5) is 0 Å². The second-order valence-electron chi connectivity index (χ2n) is 3.15. The van der Waals surface area contributed by atoms with Gasteiger partial charge in [-0.1, -0.05) is 0 Å². The van der Waals surface area contributed by atoms with Gasteiger partial charge in [-0.05, 0) is 6.92 Å². The summed E-state index contributed by atoms with van der Waals surface area (Å²) >= 11 is 0. The maximum Gasteiger partial charge on any atom is 0.378 e. The molecule has 0 aliphatic rings. The van der Waals surface area contributed by atoms with Gasteiger partial charge in [0.25, 0.3) is 5.78 Å². The molecule has 0 fully saturated rings. The molecule has 0 unspecified atom stereocenters. The lowest BCUT2D eigenvalue weighted by Gasteiger charge is -1.99. The van der Waals surface area contributed by atoms with E-state index >= 15 is 0 Å². The predicted molar refractivity (Wildman–Crippen MR) is 55.6 cm³/mol. The predicted octanol–water partition coefficient (Wildman–Crippen LogP) is 0.370. The molecule has 0 amide bonds. The topological polar surface area (TPSA) is 81.4 Å². The highest BCUT2D eigenvalue weighted by Gasteiger charge is 2.15. The van der Waals surface area contributed by atoms with Crippen molar-refractivity contribution in [1.82, 2.24) is 9.78 Å². The maximum absolute atomic E-state index is 11.1. The Morgan fingerprint density at radius 2 is 2.19 bits per heavy atom. The first-order chi connectivity index (χ1) is 7.47. The molecular formula is C10H12N2O4. The van der Waals surface area contributed by atoms with E-state index in [1.54, 1.807) is 18.7 Å². The molecule has 86 valence electrons. The molecule has 0 aromatic carbocycles. The Labute approximate surface area is 92.1 Å². The van der Waals surface area contributed by atoms with Crippen molar-refractivity contribution < 1.29 is 19.4 Å². The molecule has 0 bridgehead atoms.